The van der Waals surface area contributed by atoms with Gasteiger partial charge < -0.3 is 29.7 Å². The summed E-state index contributed by atoms with van der Waals surface area (Å²) < 4.78 is 7.27. The zero-order valence-corrected chi connectivity index (χ0v) is 17.2. The van der Waals surface area contributed by atoms with Crippen LogP contribution in [0.1, 0.15) is 18.7 Å². The van der Waals surface area contributed by atoms with E-state index in [1.807, 2.05) is 11.0 Å². The van der Waals surface area contributed by atoms with Crippen molar-refractivity contribution in [2.24, 2.45) is 5.92 Å². The topological polar surface area (TPSA) is 134 Å². The fourth-order valence-corrected chi connectivity index (χ4v) is 3.38. The second kappa shape index (κ2) is 11.1. The van der Waals surface area contributed by atoms with Gasteiger partial charge >= 0.3 is 18.0 Å². The van der Waals surface area contributed by atoms with E-state index in [0.717, 1.165) is 43.8 Å². The highest BCUT2D eigenvalue weighted by molar-refractivity contribution is 6.27. The summed E-state index contributed by atoms with van der Waals surface area (Å²) in [6.45, 7) is 5.79. The number of nitrogens with one attached hydrogen (secondary N) is 1. The lowest BCUT2D eigenvalue weighted by Gasteiger charge is -2.32. The van der Waals surface area contributed by atoms with Crippen LogP contribution in [0.5, 0.6) is 0 Å². The molecule has 0 unspecified atom stereocenters. The Morgan fingerprint density at radius 1 is 1.17 bits per heavy atom. The van der Waals surface area contributed by atoms with Crippen molar-refractivity contribution in [2.75, 3.05) is 33.4 Å². The summed E-state index contributed by atoms with van der Waals surface area (Å²) in [5, 5.41) is 17.7. The number of likely N-dealkylation sites (tertiary alicyclic amines) is 1. The summed E-state index contributed by atoms with van der Waals surface area (Å²) in [6.07, 6.45) is 2.06. The van der Waals surface area contributed by atoms with E-state index < -0.39 is 11.9 Å². The molecule has 0 atom stereocenters. The summed E-state index contributed by atoms with van der Waals surface area (Å²) >= 11 is 0. The minimum Gasteiger partial charge on any atom is -0.473 e. The molecule has 164 valence electrons. The molecule has 3 rings (SSSR count). The number of hydrogen-bond acceptors (Lipinski definition) is 5. The molecule has 10 nitrogen and oxygen atoms in total. The van der Waals surface area contributed by atoms with E-state index in [9.17, 15) is 4.79 Å². The van der Waals surface area contributed by atoms with Gasteiger partial charge in [0, 0.05) is 33.3 Å². The molecular weight excluding hydrogens is 392 g/mol. The number of carbonyl (C=O) groups excluding carboxylic acids is 1. The Morgan fingerprint density at radius 2 is 1.80 bits per heavy atom. The van der Waals surface area contributed by atoms with Crippen LogP contribution < -0.4 is 5.32 Å². The summed E-state index contributed by atoms with van der Waals surface area (Å²) in [5.41, 5.74) is 2.26. The van der Waals surface area contributed by atoms with Crippen LogP contribution in [0.4, 0.5) is 4.79 Å². The maximum atomic E-state index is 12.1. The van der Waals surface area contributed by atoms with Crippen LogP contribution in [0.25, 0.3) is 11.0 Å². The number of rotatable bonds is 5. The number of aryl methyl sites for hydroxylation is 1. The summed E-state index contributed by atoms with van der Waals surface area (Å²) in [7, 11) is 1.64. The van der Waals surface area contributed by atoms with Crippen molar-refractivity contribution in [1.29, 1.82) is 0 Å². The van der Waals surface area contributed by atoms with Gasteiger partial charge in [-0.3, -0.25) is 0 Å². The molecule has 10 heteroatoms. The van der Waals surface area contributed by atoms with Crippen molar-refractivity contribution in [3.8, 4) is 0 Å². The maximum absolute atomic E-state index is 12.1. The minimum atomic E-state index is -1.82. The van der Waals surface area contributed by atoms with E-state index >= 15 is 0 Å². The van der Waals surface area contributed by atoms with Gasteiger partial charge in [-0.1, -0.05) is 12.1 Å². The Kier molecular flexibility index (Phi) is 8.60. The number of carboxylic acid groups (broad SMARTS) is 2. The molecule has 2 heterocycles. The van der Waals surface area contributed by atoms with E-state index in [1.54, 1.807) is 7.11 Å². The Labute approximate surface area is 174 Å². The van der Waals surface area contributed by atoms with Crippen LogP contribution in [0.2, 0.25) is 0 Å². The highest BCUT2D eigenvalue weighted by Crippen LogP contribution is 2.23. The van der Waals surface area contributed by atoms with Crippen LogP contribution in [0, 0.1) is 12.8 Å². The lowest BCUT2D eigenvalue weighted by molar-refractivity contribution is -0.159. The van der Waals surface area contributed by atoms with Gasteiger partial charge in [-0.2, -0.15) is 0 Å². The number of para-hydroxylation sites is 2. The van der Waals surface area contributed by atoms with Crippen LogP contribution in [-0.4, -0.2) is 76.0 Å². The van der Waals surface area contributed by atoms with Gasteiger partial charge in [0.25, 0.3) is 0 Å². The predicted octanol–water partition coefficient (Wildman–Crippen LogP) is 1.57. The molecule has 1 saturated heterocycles. The third-order valence-electron chi connectivity index (χ3n) is 4.95. The number of ether oxygens (including phenoxy) is 1. The standard InChI is InChI=1S/C18H26N4O2.C2H2O4/c1-14-20-16-5-3-4-6-17(16)22(14)13-15-7-10-21(11-8-15)18(23)19-9-12-24-2;3-1(4)2(5)6/h3-6,15H,7-13H2,1-2H3,(H,19,23);(H,3,4)(H,5,6). The van der Waals surface area contributed by atoms with Crippen molar-refractivity contribution in [2.45, 2.75) is 26.3 Å². The number of aliphatic carboxylic acids is 2. The number of imidazole rings is 1. The zero-order valence-electron chi connectivity index (χ0n) is 17.2. The summed E-state index contributed by atoms with van der Waals surface area (Å²) in [6, 6.07) is 8.31. The van der Waals surface area contributed by atoms with Gasteiger partial charge in [-0.15, -0.1) is 0 Å². The van der Waals surface area contributed by atoms with Gasteiger partial charge in [0.05, 0.1) is 17.6 Å². The van der Waals surface area contributed by atoms with Crippen LogP contribution in [0.15, 0.2) is 24.3 Å². The van der Waals surface area contributed by atoms with Gasteiger partial charge in [-0.25, -0.2) is 19.4 Å². The molecule has 0 radical (unpaired) electrons. The molecule has 1 aliphatic heterocycles. The van der Waals surface area contributed by atoms with Gasteiger partial charge in [-0.05, 0) is 37.8 Å². The number of carboxylic acids is 2. The Bertz CT molecular complexity index is 861. The van der Waals surface area contributed by atoms with E-state index in [1.165, 1.54) is 5.52 Å². The molecule has 1 aromatic carbocycles. The molecule has 30 heavy (non-hydrogen) atoms. The van der Waals surface area contributed by atoms with E-state index in [2.05, 4.69) is 40.0 Å². The lowest BCUT2D eigenvalue weighted by Crippen LogP contribution is -2.45. The minimum absolute atomic E-state index is 0.0229. The number of amides is 2. The Morgan fingerprint density at radius 3 is 2.40 bits per heavy atom. The number of benzene rings is 1. The normalized spacial score (nSPS) is 14.1. The zero-order chi connectivity index (χ0) is 22.1. The number of fused-ring (bicyclic) bond motifs is 1. The largest absolute Gasteiger partial charge is 0.473 e. The van der Waals surface area contributed by atoms with Gasteiger partial charge in [0.15, 0.2) is 0 Å². The molecule has 2 amide bonds. The first-order chi connectivity index (χ1) is 14.3. The average molecular weight is 420 g/mol. The first kappa shape index (κ1) is 23.1. The highest BCUT2D eigenvalue weighted by Gasteiger charge is 2.23. The van der Waals surface area contributed by atoms with E-state index in [4.69, 9.17) is 24.5 Å². The lowest BCUT2D eigenvalue weighted by atomic mass is 9.97. The monoisotopic (exact) mass is 420 g/mol. The van der Waals surface area contributed by atoms with Gasteiger partial charge in [0.1, 0.15) is 5.82 Å². The van der Waals surface area contributed by atoms with Crippen molar-refractivity contribution in [3.05, 3.63) is 30.1 Å². The number of piperidine rings is 1. The molecule has 2 aromatic rings. The van der Waals surface area contributed by atoms with Crippen molar-refractivity contribution < 1.29 is 29.3 Å². The molecule has 1 aromatic heterocycles. The number of carbonyl (C=O) groups is 3. The first-order valence-electron chi connectivity index (χ1n) is 9.73. The van der Waals surface area contributed by atoms with E-state index in [-0.39, 0.29) is 6.03 Å². The van der Waals surface area contributed by atoms with Crippen molar-refractivity contribution >= 4 is 29.0 Å². The smallest absolute Gasteiger partial charge is 0.414 e. The second-order valence-corrected chi connectivity index (χ2v) is 7.02. The summed E-state index contributed by atoms with van der Waals surface area (Å²) in [5.74, 6) is -2.00. The number of nitrogens with zero attached hydrogens (tertiary/aromatic N) is 3. The quantitative estimate of drug-likeness (QED) is 0.494. The van der Waals surface area contributed by atoms with E-state index in [0.29, 0.717) is 19.1 Å². The number of urea groups is 1. The second-order valence-electron chi connectivity index (χ2n) is 7.02. The fourth-order valence-electron chi connectivity index (χ4n) is 3.38. The predicted molar refractivity (Wildman–Crippen MR) is 109 cm³/mol. The van der Waals surface area contributed by atoms with Crippen LogP contribution >= 0.6 is 0 Å². The SMILES string of the molecule is COCCNC(=O)N1CCC(Cn2c(C)nc3ccccc32)CC1.O=C(O)C(=O)O. The maximum Gasteiger partial charge on any atom is 0.414 e. The third kappa shape index (κ3) is 6.45. The molecule has 3 N–H and O–H groups in total. The molecule has 0 bridgehead atoms. The molecule has 1 fully saturated rings. The number of aromatic nitrogens is 2. The molecule has 0 aliphatic carbocycles. The first-order valence-corrected chi connectivity index (χ1v) is 9.73. The third-order valence-corrected chi connectivity index (χ3v) is 4.95. The molecule has 0 spiro atoms. The average Bonchev–Trinajstić information content (AvgIpc) is 3.04. The van der Waals surface area contributed by atoms with Crippen molar-refractivity contribution in [1.82, 2.24) is 19.8 Å². The Hall–Kier alpha value is -3.14. The molecule has 0 saturated carbocycles. The number of methoxy groups -OCH3 is 1. The number of hydrogen-bond donors (Lipinski definition) is 3. The highest BCUT2D eigenvalue weighted by atomic mass is 16.5. The molecule has 1 aliphatic rings. The van der Waals surface area contributed by atoms with Crippen LogP contribution in [-0.2, 0) is 20.9 Å². The molecular formula is C20H28N4O6. The van der Waals surface area contributed by atoms with Crippen molar-refractivity contribution in [3.63, 3.8) is 0 Å². The Balaban J connectivity index is 0.000000469. The summed E-state index contributed by atoms with van der Waals surface area (Å²) in [4.78, 5) is 36.8. The van der Waals surface area contributed by atoms with Crippen LogP contribution in [0.3, 0.4) is 0 Å². The fraction of sp³-hybridized carbons (Fsp3) is 0.500. The van der Waals surface area contributed by atoms with Gasteiger partial charge in [0.2, 0.25) is 0 Å².